The van der Waals surface area contributed by atoms with Crippen LogP contribution in [0.4, 0.5) is 4.39 Å². The van der Waals surface area contributed by atoms with E-state index in [1.54, 1.807) is 12.3 Å². The first-order valence-electron chi connectivity index (χ1n) is 12.0. The smallest absolute Gasteiger partial charge is 0.271 e. The topological polar surface area (TPSA) is 85.3 Å². The molecule has 1 atom stereocenters. The molecule has 1 saturated heterocycles. The van der Waals surface area contributed by atoms with Crippen LogP contribution in [0.5, 0.6) is 5.75 Å². The fourth-order valence-electron chi connectivity index (χ4n) is 4.63. The minimum absolute atomic E-state index is 0.105. The average Bonchev–Trinajstić information content (AvgIpc) is 3.58. The molecule has 0 bridgehead atoms. The van der Waals surface area contributed by atoms with Crippen LogP contribution in [-0.2, 0) is 4.79 Å². The number of hydrazine groups is 1. The summed E-state index contributed by atoms with van der Waals surface area (Å²) < 4.78 is 21.7. The number of carbonyl (C=O) groups excluding carboxylic acids is 2. The standard InChI is InChI=1S/C24H37FN4O4S/c1-15(2)28(16(3)4)23(30)14-27-10-6-7-18(13-27)33-22-12-21(25)20(11-19(22)17-8-9-17)24(31)26-29(32)34-5/h11-12,15-18,32H,6-10,13-14H2,1-5H3,(H,26,31). The largest absolute Gasteiger partial charge is 0.489 e. The summed E-state index contributed by atoms with van der Waals surface area (Å²) in [5, 5.41) is 9.51. The molecule has 2 N–H and O–H groups in total. The van der Waals surface area contributed by atoms with E-state index in [1.165, 1.54) is 6.07 Å². The Hall–Kier alpha value is -1.88. The van der Waals surface area contributed by atoms with Gasteiger partial charge in [-0.2, -0.15) is 0 Å². The quantitative estimate of drug-likeness (QED) is 0.376. The molecule has 2 aliphatic rings. The number of halogens is 1. The van der Waals surface area contributed by atoms with Gasteiger partial charge < -0.3 is 9.64 Å². The van der Waals surface area contributed by atoms with Crippen molar-refractivity contribution in [1.82, 2.24) is 19.8 Å². The molecule has 1 aliphatic carbocycles. The second-order valence-electron chi connectivity index (χ2n) is 9.65. The molecule has 34 heavy (non-hydrogen) atoms. The first-order chi connectivity index (χ1) is 16.1. The zero-order valence-electron chi connectivity index (χ0n) is 20.7. The van der Waals surface area contributed by atoms with Crippen molar-refractivity contribution >= 4 is 23.8 Å². The number of nitrogens with one attached hydrogen (secondary N) is 1. The number of hydrogen-bond donors (Lipinski definition) is 2. The second-order valence-corrected chi connectivity index (χ2v) is 10.4. The Labute approximate surface area is 205 Å². The molecule has 8 nitrogen and oxygen atoms in total. The molecule has 190 valence electrons. The number of rotatable bonds is 10. The Morgan fingerprint density at radius 1 is 1.24 bits per heavy atom. The molecule has 1 aromatic rings. The molecule has 0 aromatic heterocycles. The lowest BCUT2D eigenvalue weighted by Gasteiger charge is -2.36. The van der Waals surface area contributed by atoms with Gasteiger partial charge >= 0.3 is 0 Å². The molecule has 0 radical (unpaired) electrons. The maximum absolute atomic E-state index is 14.9. The van der Waals surface area contributed by atoms with Crippen molar-refractivity contribution in [3.8, 4) is 5.75 Å². The van der Waals surface area contributed by atoms with E-state index in [1.807, 2.05) is 32.6 Å². The van der Waals surface area contributed by atoms with E-state index < -0.39 is 11.7 Å². The van der Waals surface area contributed by atoms with Crippen molar-refractivity contribution in [2.24, 2.45) is 0 Å². The van der Waals surface area contributed by atoms with Gasteiger partial charge in [0, 0.05) is 31.0 Å². The summed E-state index contributed by atoms with van der Waals surface area (Å²) in [5.41, 5.74) is 2.91. The van der Waals surface area contributed by atoms with Gasteiger partial charge in [-0.25, -0.2) is 4.39 Å². The average molecular weight is 497 g/mol. The lowest BCUT2D eigenvalue weighted by Crippen LogP contribution is -2.50. The summed E-state index contributed by atoms with van der Waals surface area (Å²) >= 11 is 0.890. The minimum atomic E-state index is -0.718. The molecular formula is C24H37FN4O4S. The van der Waals surface area contributed by atoms with E-state index >= 15 is 0 Å². The van der Waals surface area contributed by atoms with Gasteiger partial charge in [-0.15, -0.1) is 0 Å². The van der Waals surface area contributed by atoms with Crippen LogP contribution in [0.25, 0.3) is 0 Å². The van der Waals surface area contributed by atoms with Crippen LogP contribution in [0.3, 0.4) is 0 Å². The lowest BCUT2D eigenvalue weighted by molar-refractivity contribution is -0.136. The molecular weight excluding hydrogens is 459 g/mol. The van der Waals surface area contributed by atoms with Gasteiger partial charge in [0.05, 0.1) is 12.1 Å². The zero-order valence-corrected chi connectivity index (χ0v) is 21.5. The van der Waals surface area contributed by atoms with Gasteiger partial charge in [0.15, 0.2) is 0 Å². The summed E-state index contributed by atoms with van der Waals surface area (Å²) in [5.74, 6) is -0.607. The number of benzene rings is 1. The van der Waals surface area contributed by atoms with E-state index in [0.29, 0.717) is 23.4 Å². The third kappa shape index (κ3) is 6.84. The predicted molar refractivity (Wildman–Crippen MR) is 130 cm³/mol. The highest BCUT2D eigenvalue weighted by molar-refractivity contribution is 7.96. The maximum atomic E-state index is 14.9. The van der Waals surface area contributed by atoms with Crippen LogP contribution in [0, 0.1) is 5.82 Å². The molecule has 3 rings (SSSR count). The Morgan fingerprint density at radius 3 is 2.50 bits per heavy atom. The number of hydrogen-bond acceptors (Lipinski definition) is 7. The Balaban J connectivity index is 1.70. The van der Waals surface area contributed by atoms with Crippen LogP contribution in [-0.4, -0.2) is 75.5 Å². The summed E-state index contributed by atoms with van der Waals surface area (Å²) in [6, 6.07) is 3.10. The zero-order chi connectivity index (χ0) is 25.0. The number of amides is 2. The fraction of sp³-hybridized carbons (Fsp3) is 0.667. The number of carbonyl (C=O) groups is 2. The van der Waals surface area contributed by atoms with Crippen molar-refractivity contribution in [3.63, 3.8) is 0 Å². The third-order valence-electron chi connectivity index (χ3n) is 6.25. The van der Waals surface area contributed by atoms with Crippen LogP contribution < -0.4 is 10.2 Å². The summed E-state index contributed by atoms with van der Waals surface area (Å²) in [6.07, 6.45) is 5.06. The summed E-state index contributed by atoms with van der Waals surface area (Å²) in [4.78, 5) is 29.3. The van der Waals surface area contributed by atoms with E-state index in [2.05, 4.69) is 10.3 Å². The summed E-state index contributed by atoms with van der Waals surface area (Å²) in [7, 11) is 0. The highest BCUT2D eigenvalue weighted by atomic mass is 32.2. The van der Waals surface area contributed by atoms with Crippen molar-refractivity contribution in [2.75, 3.05) is 25.9 Å². The van der Waals surface area contributed by atoms with Crippen molar-refractivity contribution in [1.29, 1.82) is 0 Å². The van der Waals surface area contributed by atoms with Gasteiger partial charge in [-0.05, 0) is 94.0 Å². The Bertz CT molecular complexity index is 873. The van der Waals surface area contributed by atoms with Crippen LogP contribution in [0.1, 0.15) is 75.2 Å². The van der Waals surface area contributed by atoms with Crippen LogP contribution in [0.15, 0.2) is 12.1 Å². The van der Waals surface area contributed by atoms with Gasteiger partial charge in [-0.3, -0.25) is 25.1 Å². The van der Waals surface area contributed by atoms with E-state index in [4.69, 9.17) is 4.74 Å². The van der Waals surface area contributed by atoms with Gasteiger partial charge in [0.25, 0.3) is 5.91 Å². The summed E-state index contributed by atoms with van der Waals surface area (Å²) in [6.45, 7) is 9.86. The Kier molecular flexibility index (Phi) is 9.20. The highest BCUT2D eigenvalue weighted by Gasteiger charge is 2.32. The van der Waals surface area contributed by atoms with Crippen LogP contribution in [0.2, 0.25) is 0 Å². The first kappa shape index (κ1) is 26.7. The molecule has 1 aromatic carbocycles. The molecule has 1 aliphatic heterocycles. The molecule has 1 saturated carbocycles. The normalized spacial score (nSPS) is 19.1. The third-order valence-corrected chi connectivity index (χ3v) is 6.68. The first-order valence-corrected chi connectivity index (χ1v) is 13.2. The predicted octanol–water partition coefficient (Wildman–Crippen LogP) is 3.81. The lowest BCUT2D eigenvalue weighted by atomic mass is 10.0. The monoisotopic (exact) mass is 496 g/mol. The Morgan fingerprint density at radius 2 is 1.91 bits per heavy atom. The number of piperidine rings is 1. The van der Waals surface area contributed by atoms with Gasteiger partial charge in [0.2, 0.25) is 5.91 Å². The number of likely N-dealkylation sites (tertiary alicyclic amines) is 1. The molecule has 2 fully saturated rings. The maximum Gasteiger partial charge on any atom is 0.271 e. The fourth-order valence-corrected chi connectivity index (χ4v) is 4.81. The highest BCUT2D eigenvalue weighted by Crippen LogP contribution is 2.45. The van der Waals surface area contributed by atoms with Crippen molar-refractivity contribution < 1.29 is 23.9 Å². The molecule has 2 amide bonds. The van der Waals surface area contributed by atoms with Gasteiger partial charge in [-0.1, -0.05) is 0 Å². The van der Waals surface area contributed by atoms with Crippen LogP contribution >= 0.6 is 11.9 Å². The molecule has 10 heteroatoms. The van der Waals surface area contributed by atoms with Crippen molar-refractivity contribution in [3.05, 3.63) is 29.1 Å². The SMILES string of the molecule is CSN(O)NC(=O)c1cc(C2CC2)c(OC2CCCN(CC(=O)N(C(C)C)C(C)C)C2)cc1F. The molecule has 1 heterocycles. The number of nitrogens with zero attached hydrogens (tertiary/aromatic N) is 3. The number of ether oxygens (including phenoxy) is 1. The van der Waals surface area contributed by atoms with E-state index in [-0.39, 0.29) is 35.6 Å². The van der Waals surface area contributed by atoms with Gasteiger partial charge in [0.1, 0.15) is 17.7 Å². The molecule has 1 unspecified atom stereocenters. The van der Waals surface area contributed by atoms with E-state index in [9.17, 15) is 19.2 Å². The second kappa shape index (κ2) is 11.7. The van der Waals surface area contributed by atoms with E-state index in [0.717, 1.165) is 49.7 Å². The molecule has 0 spiro atoms. The van der Waals surface area contributed by atoms with Crippen molar-refractivity contribution in [2.45, 2.75) is 77.5 Å². The minimum Gasteiger partial charge on any atom is -0.489 e.